The Hall–Kier alpha value is -2.05. The summed E-state index contributed by atoms with van der Waals surface area (Å²) in [4.78, 5) is 31.9. The molecule has 140 valence electrons. The lowest BCUT2D eigenvalue weighted by molar-refractivity contribution is -0.164. The van der Waals surface area contributed by atoms with Crippen molar-refractivity contribution in [2.24, 2.45) is 0 Å². The third kappa shape index (κ3) is 1.85. The van der Waals surface area contributed by atoms with Crippen LogP contribution in [0, 0.1) is 6.57 Å². The smallest absolute Gasteiger partial charge is 0.262 e. The molecule has 2 amide bonds. The van der Waals surface area contributed by atoms with Crippen LogP contribution in [-0.4, -0.2) is 50.7 Å². The van der Waals surface area contributed by atoms with Crippen molar-refractivity contribution in [1.29, 1.82) is 0 Å². The number of amides is 2. The maximum atomic E-state index is 13.5. The zero-order valence-electron chi connectivity index (χ0n) is 15.0. The first-order valence-corrected chi connectivity index (χ1v) is 10.7. The Morgan fingerprint density at radius 1 is 1.19 bits per heavy atom. The summed E-state index contributed by atoms with van der Waals surface area (Å²) in [5, 5.41) is 0. The topological polar surface area (TPSA) is 63.4 Å². The van der Waals surface area contributed by atoms with Crippen molar-refractivity contribution in [2.75, 3.05) is 13.8 Å². The summed E-state index contributed by atoms with van der Waals surface area (Å²) < 4.78 is 10.9. The van der Waals surface area contributed by atoms with E-state index in [0.717, 1.165) is 5.56 Å². The van der Waals surface area contributed by atoms with E-state index in [4.69, 9.17) is 16.0 Å². The zero-order chi connectivity index (χ0) is 19.2. The van der Waals surface area contributed by atoms with E-state index < -0.39 is 21.3 Å². The molecule has 0 aromatic heterocycles. The third-order valence-electron chi connectivity index (χ3n) is 6.04. The molecule has 0 N–H and O–H groups in total. The minimum atomic E-state index is -1.05. The van der Waals surface area contributed by atoms with Gasteiger partial charge in [-0.25, -0.2) is 6.57 Å². The zero-order valence-corrected chi connectivity index (χ0v) is 16.6. The van der Waals surface area contributed by atoms with Crippen LogP contribution in [0.5, 0.6) is 11.5 Å². The Kier molecular flexibility index (Phi) is 3.20. The Morgan fingerprint density at radius 2 is 1.93 bits per heavy atom. The van der Waals surface area contributed by atoms with Crippen LogP contribution in [0.4, 0.5) is 0 Å². The summed E-state index contributed by atoms with van der Waals surface area (Å²) >= 11 is 0. The summed E-state index contributed by atoms with van der Waals surface area (Å²) in [6.45, 7) is 11.6. The molecule has 7 nitrogen and oxygen atoms in total. The lowest BCUT2D eigenvalue weighted by Gasteiger charge is -2.57. The molecule has 4 atom stereocenters. The van der Waals surface area contributed by atoms with Gasteiger partial charge in [0.2, 0.25) is 6.79 Å². The first-order chi connectivity index (χ1) is 12.8. The number of carbonyl (C=O) groups excluding carboxylic acids is 2. The summed E-state index contributed by atoms with van der Waals surface area (Å²) in [7, 11) is 4.51. The van der Waals surface area contributed by atoms with Crippen molar-refractivity contribution in [2.45, 2.75) is 41.6 Å². The fourth-order valence-corrected chi connectivity index (χ4v) is 8.05. The van der Waals surface area contributed by atoms with Gasteiger partial charge in [0.05, 0.1) is 6.42 Å². The monoisotopic (exact) mass is 403 g/mol. The van der Waals surface area contributed by atoms with Crippen molar-refractivity contribution in [1.82, 2.24) is 9.80 Å². The number of hydrogen-bond donors (Lipinski definition) is 0. The van der Waals surface area contributed by atoms with Gasteiger partial charge in [-0.05, 0) is 24.6 Å². The first kappa shape index (κ1) is 17.1. The van der Waals surface area contributed by atoms with Crippen LogP contribution in [0.1, 0.15) is 31.9 Å². The minimum Gasteiger partial charge on any atom is -0.454 e. The largest absolute Gasteiger partial charge is 0.454 e. The second-order valence-electron chi connectivity index (χ2n) is 7.63. The molecule has 1 aromatic rings. The van der Waals surface area contributed by atoms with Gasteiger partial charge in [-0.2, -0.15) is 0 Å². The highest BCUT2D eigenvalue weighted by Gasteiger charge is 2.77. The van der Waals surface area contributed by atoms with Crippen LogP contribution in [0.25, 0.3) is 4.85 Å². The van der Waals surface area contributed by atoms with E-state index in [1.165, 1.54) is 21.6 Å². The molecule has 4 fully saturated rings. The molecule has 27 heavy (non-hydrogen) atoms. The van der Waals surface area contributed by atoms with Crippen molar-refractivity contribution in [3.05, 3.63) is 35.2 Å². The number of rotatable bonds is 1. The van der Waals surface area contributed by atoms with Gasteiger partial charge in [-0.15, -0.1) is 0 Å². The Balaban J connectivity index is 1.71. The summed E-state index contributed by atoms with van der Waals surface area (Å²) in [6.07, 6.45) is 0.297. The fourth-order valence-electron chi connectivity index (χ4n) is 4.48. The van der Waals surface area contributed by atoms with Gasteiger partial charge in [0, 0.05) is 14.0 Å². The molecule has 6 rings (SSSR count). The van der Waals surface area contributed by atoms with Gasteiger partial charge in [-0.3, -0.25) is 9.59 Å². The average Bonchev–Trinajstić information content (AvgIpc) is 3.23. The van der Waals surface area contributed by atoms with Crippen LogP contribution >= 0.6 is 21.6 Å². The summed E-state index contributed by atoms with van der Waals surface area (Å²) in [6, 6.07) is 4.98. The fraction of sp³-hybridized carbons (Fsp3) is 0.500. The van der Waals surface area contributed by atoms with Gasteiger partial charge >= 0.3 is 0 Å². The summed E-state index contributed by atoms with van der Waals surface area (Å²) in [5.74, 6) is 1.03. The highest BCUT2D eigenvalue weighted by molar-refractivity contribution is 8.78. The van der Waals surface area contributed by atoms with E-state index in [-0.39, 0.29) is 18.6 Å². The Labute approximate surface area is 164 Å². The highest BCUT2D eigenvalue weighted by atomic mass is 33.1. The maximum Gasteiger partial charge on any atom is 0.262 e. The molecule has 5 aliphatic rings. The molecule has 2 bridgehead atoms. The predicted molar refractivity (Wildman–Crippen MR) is 101 cm³/mol. The van der Waals surface area contributed by atoms with Crippen LogP contribution in [0.3, 0.4) is 0 Å². The minimum absolute atomic E-state index is 0.105. The van der Waals surface area contributed by atoms with E-state index in [1.807, 2.05) is 19.1 Å². The Morgan fingerprint density at radius 3 is 2.67 bits per heavy atom. The van der Waals surface area contributed by atoms with E-state index in [2.05, 4.69) is 4.85 Å². The van der Waals surface area contributed by atoms with Crippen LogP contribution in [0.15, 0.2) is 18.2 Å². The van der Waals surface area contributed by atoms with Crippen molar-refractivity contribution >= 4 is 33.4 Å². The van der Waals surface area contributed by atoms with Gasteiger partial charge in [0.25, 0.3) is 17.4 Å². The van der Waals surface area contributed by atoms with Crippen molar-refractivity contribution in [3.63, 3.8) is 0 Å². The average molecular weight is 403 g/mol. The number of carbonyl (C=O) groups is 2. The third-order valence-corrected chi connectivity index (χ3v) is 9.74. The molecule has 4 saturated heterocycles. The Bertz CT molecular complexity index is 949. The molecule has 0 aliphatic carbocycles. The normalized spacial score (nSPS) is 39.0. The molecule has 1 spiro atoms. The van der Waals surface area contributed by atoms with Crippen molar-refractivity contribution in [3.8, 4) is 11.5 Å². The molecule has 9 heteroatoms. The van der Waals surface area contributed by atoms with E-state index in [1.54, 1.807) is 29.8 Å². The quantitative estimate of drug-likeness (QED) is 0.531. The molecular formula is C18H17N3O4S2. The lowest BCUT2D eigenvalue weighted by atomic mass is 9.87. The highest BCUT2D eigenvalue weighted by Crippen LogP contribution is 2.68. The molecular weight excluding hydrogens is 386 g/mol. The second-order valence-corrected chi connectivity index (χ2v) is 10.4. The van der Waals surface area contributed by atoms with Crippen LogP contribution in [-0.2, 0) is 9.59 Å². The summed E-state index contributed by atoms with van der Waals surface area (Å²) in [5.41, 5.74) is -0.122. The maximum absolute atomic E-state index is 13.5. The number of ether oxygens (including phenoxy) is 2. The second kappa shape index (κ2) is 5.06. The van der Waals surface area contributed by atoms with E-state index in [0.29, 0.717) is 17.9 Å². The van der Waals surface area contributed by atoms with Gasteiger partial charge in [0.1, 0.15) is 6.04 Å². The predicted octanol–water partition coefficient (Wildman–Crippen LogP) is 2.65. The molecule has 1 aromatic carbocycles. The number of piperazine rings is 1. The lowest BCUT2D eigenvalue weighted by Crippen LogP contribution is -2.73. The van der Waals surface area contributed by atoms with E-state index in [9.17, 15) is 9.59 Å². The molecule has 5 aliphatic heterocycles. The molecule has 0 saturated carbocycles. The van der Waals surface area contributed by atoms with Crippen molar-refractivity contribution < 1.29 is 19.1 Å². The number of nitrogens with zero attached hydrogens (tertiary/aromatic N) is 3. The molecule has 5 heterocycles. The van der Waals surface area contributed by atoms with Gasteiger partial charge in [0.15, 0.2) is 21.2 Å². The number of benzene rings is 1. The number of fused-ring (bicyclic) bond motifs is 3. The van der Waals surface area contributed by atoms with E-state index >= 15 is 0 Å². The number of hydrogen-bond acceptors (Lipinski definition) is 6. The number of likely N-dealkylation sites (N-methyl/N-ethyl adjacent to an activating group) is 1. The molecule has 1 unspecified atom stereocenters. The standard InChI is InChI=1S/C18H17N3O4S2/c1-16(19-3)8-18-15(23)20(4)17(2,26-27-18)14(22)21(18)13(16)10-5-6-11-12(7-10)25-9-24-11/h5-7,13H,8-9H2,1-2,4H3/t13-,16-,17?,18-/m0/s1. The van der Waals surface area contributed by atoms with Crippen LogP contribution < -0.4 is 9.47 Å². The molecule has 0 radical (unpaired) electrons. The first-order valence-electron chi connectivity index (χ1n) is 8.54. The SMILES string of the molecule is [C-]#[N+][C@@]1(C)C[C@@]23SSC(C)(C(=O)N2[C@H]1c1ccc2c(c1)OCO2)N(C)C3=O. The van der Waals surface area contributed by atoms with Gasteiger partial charge < -0.3 is 24.1 Å². The van der Waals surface area contributed by atoms with Gasteiger partial charge in [-0.1, -0.05) is 27.7 Å². The van der Waals surface area contributed by atoms with Crippen LogP contribution in [0.2, 0.25) is 0 Å².